The highest BCUT2D eigenvalue weighted by atomic mass is 16.6. The molecule has 0 aromatic rings. The van der Waals surface area contributed by atoms with Crippen LogP contribution in [0.3, 0.4) is 0 Å². The van der Waals surface area contributed by atoms with E-state index in [-0.39, 0.29) is 12.4 Å². The molecule has 0 bridgehead atoms. The van der Waals surface area contributed by atoms with E-state index in [0.29, 0.717) is 6.42 Å². The fraction of sp³-hybridized carbons (Fsp3) is 0.900. The molecule has 0 radical (unpaired) electrons. The normalized spacial score (nSPS) is 19.9. The van der Waals surface area contributed by atoms with E-state index < -0.39 is 23.5 Å². The van der Waals surface area contributed by atoms with Crippen molar-refractivity contribution in [2.24, 2.45) is 0 Å². The van der Waals surface area contributed by atoms with Gasteiger partial charge in [0.15, 0.2) is 5.78 Å². The van der Waals surface area contributed by atoms with Crippen LogP contribution in [0.4, 0.5) is 4.79 Å². The van der Waals surface area contributed by atoms with Crippen molar-refractivity contribution in [2.45, 2.75) is 110 Å². The summed E-state index contributed by atoms with van der Waals surface area (Å²) in [6, 6.07) is -0.537. The molecule has 0 spiro atoms. The van der Waals surface area contributed by atoms with Crippen molar-refractivity contribution in [1.29, 1.82) is 0 Å². The van der Waals surface area contributed by atoms with E-state index in [0.717, 1.165) is 12.8 Å². The lowest BCUT2D eigenvalue weighted by molar-refractivity contribution is -0.124. The maximum absolute atomic E-state index is 12.6. The Hall–Kier alpha value is -1.10. The molecule has 5 nitrogen and oxygen atoms in total. The molecule has 1 saturated heterocycles. The average Bonchev–Trinajstić information content (AvgIpc) is 2.80. The first-order valence-electron chi connectivity index (χ1n) is 9.77. The molecule has 1 amide bonds. The minimum atomic E-state index is -0.817. The molecule has 1 fully saturated rings. The van der Waals surface area contributed by atoms with E-state index in [1.165, 1.54) is 37.0 Å². The molecule has 1 atom stereocenters. The highest BCUT2D eigenvalue weighted by molar-refractivity contribution is 5.88. The number of carbonyl (C=O) groups excluding carboxylic acids is 2. The second-order valence-electron chi connectivity index (χ2n) is 8.46. The van der Waals surface area contributed by atoms with E-state index >= 15 is 0 Å². The molecular formula is C20H37NO4. The van der Waals surface area contributed by atoms with Crippen LogP contribution in [0.1, 0.15) is 92.9 Å². The predicted molar refractivity (Wildman–Crippen MR) is 99.5 cm³/mol. The van der Waals surface area contributed by atoms with E-state index in [4.69, 9.17) is 9.47 Å². The molecule has 1 aliphatic rings. The summed E-state index contributed by atoms with van der Waals surface area (Å²) in [6.07, 6.45) is 8.20. The second-order valence-corrected chi connectivity index (χ2v) is 8.46. The van der Waals surface area contributed by atoms with Gasteiger partial charge in [-0.05, 0) is 41.0 Å². The van der Waals surface area contributed by atoms with E-state index in [2.05, 4.69) is 6.92 Å². The first kappa shape index (κ1) is 21.9. The van der Waals surface area contributed by atoms with Crippen molar-refractivity contribution >= 4 is 11.9 Å². The molecular weight excluding hydrogens is 318 g/mol. The Labute approximate surface area is 153 Å². The third-order valence-corrected chi connectivity index (χ3v) is 4.47. The van der Waals surface area contributed by atoms with Crippen LogP contribution in [-0.2, 0) is 14.3 Å². The molecule has 0 aliphatic carbocycles. The van der Waals surface area contributed by atoms with Crippen LogP contribution >= 0.6 is 0 Å². The van der Waals surface area contributed by atoms with E-state index in [1.807, 2.05) is 20.8 Å². The van der Waals surface area contributed by atoms with Gasteiger partial charge in [-0.25, -0.2) is 4.79 Å². The Bertz CT molecular complexity index is 439. The number of unbranched alkanes of at least 4 members (excludes halogenated alkanes) is 6. The Kier molecular flexibility index (Phi) is 8.39. The van der Waals surface area contributed by atoms with Gasteiger partial charge in [0.25, 0.3) is 0 Å². The zero-order chi connectivity index (χ0) is 19.1. The standard InChI is InChI=1S/C20H37NO4/c1-7-8-9-10-11-12-13-14-17(22)16-15-24-20(5,6)21(16)18(23)25-19(2,3)4/h16H,7-15H2,1-6H3/t16-/m1/s1. The number of rotatable bonds is 9. The Balaban J connectivity index is 2.51. The number of hydrogen-bond acceptors (Lipinski definition) is 4. The fourth-order valence-electron chi connectivity index (χ4n) is 3.12. The number of amides is 1. The SMILES string of the molecule is CCCCCCCCCC(=O)[C@H]1COC(C)(C)N1C(=O)OC(C)(C)C. The van der Waals surface area contributed by atoms with Crippen LogP contribution in [0, 0.1) is 0 Å². The molecule has 146 valence electrons. The lowest BCUT2D eigenvalue weighted by atomic mass is 10.0. The lowest BCUT2D eigenvalue weighted by Crippen LogP contribution is -2.52. The fourth-order valence-corrected chi connectivity index (χ4v) is 3.12. The number of hydrogen-bond donors (Lipinski definition) is 0. The summed E-state index contributed by atoms with van der Waals surface area (Å²) in [5.41, 5.74) is -1.41. The smallest absolute Gasteiger partial charge is 0.413 e. The largest absolute Gasteiger partial charge is 0.444 e. The second kappa shape index (κ2) is 9.56. The van der Waals surface area contributed by atoms with Gasteiger partial charge in [0.1, 0.15) is 17.4 Å². The monoisotopic (exact) mass is 355 g/mol. The number of ketones is 1. The molecule has 0 aromatic heterocycles. The van der Waals surface area contributed by atoms with Gasteiger partial charge >= 0.3 is 6.09 Å². The first-order chi connectivity index (χ1) is 11.6. The predicted octanol–water partition coefficient (Wildman–Crippen LogP) is 5.07. The summed E-state index contributed by atoms with van der Waals surface area (Å²) >= 11 is 0. The Morgan fingerprint density at radius 1 is 1.08 bits per heavy atom. The zero-order valence-corrected chi connectivity index (χ0v) is 17.0. The maximum Gasteiger partial charge on any atom is 0.413 e. The van der Waals surface area contributed by atoms with Crippen molar-refractivity contribution in [2.75, 3.05) is 6.61 Å². The van der Waals surface area contributed by atoms with Gasteiger partial charge in [0.05, 0.1) is 6.61 Å². The summed E-state index contributed by atoms with van der Waals surface area (Å²) < 4.78 is 11.2. The van der Waals surface area contributed by atoms with Crippen LogP contribution in [0.15, 0.2) is 0 Å². The summed E-state index contributed by atoms with van der Waals surface area (Å²) in [5.74, 6) is 0.0741. The van der Waals surface area contributed by atoms with Gasteiger partial charge in [-0.15, -0.1) is 0 Å². The number of Topliss-reactive ketones (excluding diaryl/α,β-unsaturated/α-hetero) is 1. The van der Waals surface area contributed by atoms with Crippen LogP contribution in [0.5, 0.6) is 0 Å². The Morgan fingerprint density at radius 2 is 1.64 bits per heavy atom. The van der Waals surface area contributed by atoms with Gasteiger partial charge in [-0.2, -0.15) is 0 Å². The average molecular weight is 356 g/mol. The summed E-state index contributed by atoms with van der Waals surface area (Å²) in [7, 11) is 0. The van der Waals surface area contributed by atoms with Crippen LogP contribution in [0.25, 0.3) is 0 Å². The summed E-state index contributed by atoms with van der Waals surface area (Å²) in [5, 5.41) is 0. The number of ether oxygens (including phenoxy) is 2. The van der Waals surface area contributed by atoms with Gasteiger partial charge < -0.3 is 9.47 Å². The molecule has 25 heavy (non-hydrogen) atoms. The third kappa shape index (κ3) is 7.35. The first-order valence-corrected chi connectivity index (χ1v) is 9.77. The Morgan fingerprint density at radius 3 is 2.20 bits per heavy atom. The van der Waals surface area contributed by atoms with Crippen molar-refractivity contribution < 1.29 is 19.1 Å². The molecule has 1 heterocycles. The number of nitrogens with zero attached hydrogens (tertiary/aromatic N) is 1. The van der Waals surface area contributed by atoms with Gasteiger partial charge in [-0.1, -0.05) is 45.4 Å². The highest BCUT2D eigenvalue weighted by Crippen LogP contribution is 2.30. The zero-order valence-electron chi connectivity index (χ0n) is 17.0. The molecule has 0 N–H and O–H groups in total. The van der Waals surface area contributed by atoms with Gasteiger partial charge in [0, 0.05) is 6.42 Å². The van der Waals surface area contributed by atoms with Crippen molar-refractivity contribution in [3.8, 4) is 0 Å². The molecule has 1 rings (SSSR count). The number of carbonyl (C=O) groups is 2. The molecule has 1 aliphatic heterocycles. The molecule has 5 heteroatoms. The van der Waals surface area contributed by atoms with Gasteiger partial charge in [0.2, 0.25) is 0 Å². The van der Waals surface area contributed by atoms with Crippen molar-refractivity contribution in [3.05, 3.63) is 0 Å². The van der Waals surface area contributed by atoms with Crippen LogP contribution in [0.2, 0.25) is 0 Å². The minimum absolute atomic E-state index is 0.0741. The lowest BCUT2D eigenvalue weighted by Gasteiger charge is -2.34. The van der Waals surface area contributed by atoms with Crippen LogP contribution < -0.4 is 0 Å². The molecule has 0 unspecified atom stereocenters. The van der Waals surface area contributed by atoms with Crippen molar-refractivity contribution in [3.63, 3.8) is 0 Å². The van der Waals surface area contributed by atoms with Gasteiger partial charge in [-0.3, -0.25) is 9.69 Å². The third-order valence-electron chi connectivity index (χ3n) is 4.47. The van der Waals surface area contributed by atoms with E-state index in [1.54, 1.807) is 13.8 Å². The topological polar surface area (TPSA) is 55.8 Å². The van der Waals surface area contributed by atoms with E-state index in [9.17, 15) is 9.59 Å². The molecule has 0 aromatic carbocycles. The summed E-state index contributed by atoms with van der Waals surface area (Å²) in [6.45, 7) is 11.5. The summed E-state index contributed by atoms with van der Waals surface area (Å²) in [4.78, 5) is 26.6. The highest BCUT2D eigenvalue weighted by Gasteiger charge is 2.48. The minimum Gasteiger partial charge on any atom is -0.444 e. The molecule has 0 saturated carbocycles. The maximum atomic E-state index is 12.6. The van der Waals surface area contributed by atoms with Crippen molar-refractivity contribution in [1.82, 2.24) is 4.90 Å². The quantitative estimate of drug-likeness (QED) is 0.542. The van der Waals surface area contributed by atoms with Crippen LogP contribution in [-0.4, -0.2) is 40.8 Å².